The predicted octanol–water partition coefficient (Wildman–Crippen LogP) is 3.33. The van der Waals surface area contributed by atoms with Gasteiger partial charge in [0, 0.05) is 26.2 Å². The van der Waals surface area contributed by atoms with Gasteiger partial charge in [-0.05, 0) is 51.9 Å². The summed E-state index contributed by atoms with van der Waals surface area (Å²) in [4.78, 5) is 24.5. The summed E-state index contributed by atoms with van der Waals surface area (Å²) in [6.07, 6.45) is 5.41. The highest BCUT2D eigenvalue weighted by Crippen LogP contribution is 2.43. The number of hydrogen-bond acceptors (Lipinski definition) is 6. The van der Waals surface area contributed by atoms with Crippen molar-refractivity contribution in [3.05, 3.63) is 11.3 Å². The fourth-order valence-electron chi connectivity index (χ4n) is 3.78. The molecule has 3 heterocycles. The molecule has 1 aromatic heterocycles. The van der Waals surface area contributed by atoms with Gasteiger partial charge in [0.1, 0.15) is 22.8 Å². The van der Waals surface area contributed by atoms with Gasteiger partial charge in [0.25, 0.3) is 0 Å². The topological polar surface area (TPSA) is 84.6 Å². The number of nitrogen functional groups attached to an aromatic ring is 1. The lowest BCUT2D eigenvalue weighted by molar-refractivity contribution is 0.00664. The SMILES string of the molecule is CC(C)(C)OC(=O)N1CCC2(CC1)CCN(c1ncnc(N)c1Cl)CC2. The maximum absolute atomic E-state index is 12.2. The molecule has 2 saturated heterocycles. The first-order chi connectivity index (χ1) is 12.2. The van der Waals surface area contributed by atoms with E-state index in [0.717, 1.165) is 57.7 Å². The van der Waals surface area contributed by atoms with Crippen LogP contribution in [-0.4, -0.2) is 52.7 Å². The van der Waals surface area contributed by atoms with Gasteiger partial charge < -0.3 is 20.3 Å². The number of ether oxygens (including phenoxy) is 1. The molecule has 2 aliphatic rings. The number of carbonyl (C=O) groups excluding carboxylic acids is 1. The predicted molar refractivity (Wildman–Crippen MR) is 102 cm³/mol. The third-order valence-corrected chi connectivity index (χ3v) is 5.76. The summed E-state index contributed by atoms with van der Waals surface area (Å²) < 4.78 is 5.49. The van der Waals surface area contributed by atoms with Crippen molar-refractivity contribution in [2.45, 2.75) is 52.1 Å². The van der Waals surface area contributed by atoms with E-state index in [1.165, 1.54) is 6.33 Å². The van der Waals surface area contributed by atoms with Crippen LogP contribution in [0.5, 0.6) is 0 Å². The molecule has 1 amide bonds. The molecule has 8 heteroatoms. The minimum Gasteiger partial charge on any atom is -0.444 e. The highest BCUT2D eigenvalue weighted by Gasteiger charge is 2.39. The van der Waals surface area contributed by atoms with Crippen molar-refractivity contribution in [1.82, 2.24) is 14.9 Å². The fourth-order valence-corrected chi connectivity index (χ4v) is 3.99. The summed E-state index contributed by atoms with van der Waals surface area (Å²) in [6, 6.07) is 0. The van der Waals surface area contributed by atoms with Crippen LogP contribution >= 0.6 is 11.6 Å². The number of amides is 1. The van der Waals surface area contributed by atoms with Crippen LogP contribution in [0, 0.1) is 5.41 Å². The second-order valence-corrected chi connectivity index (χ2v) is 8.73. The first kappa shape index (κ1) is 19.0. The normalized spacial score (nSPS) is 20.3. The third-order valence-electron chi connectivity index (χ3n) is 5.40. The van der Waals surface area contributed by atoms with E-state index < -0.39 is 5.60 Å². The standard InChI is InChI=1S/C18H28ClN5O2/c1-17(2,3)26-16(25)24-10-6-18(7-11-24)4-8-23(9-5-18)15-13(19)14(20)21-12-22-15/h12H,4-11H2,1-3H3,(H2,20,21,22). The van der Waals surface area contributed by atoms with E-state index in [1.807, 2.05) is 25.7 Å². The van der Waals surface area contributed by atoms with Crippen LogP contribution in [0.15, 0.2) is 6.33 Å². The first-order valence-electron chi connectivity index (χ1n) is 9.18. The number of rotatable bonds is 1. The number of halogens is 1. The Labute approximate surface area is 159 Å². The Morgan fingerprint density at radius 2 is 1.73 bits per heavy atom. The zero-order chi connectivity index (χ0) is 18.9. The molecule has 0 unspecified atom stereocenters. The highest BCUT2D eigenvalue weighted by atomic mass is 35.5. The molecule has 0 bridgehead atoms. The molecule has 144 valence electrons. The van der Waals surface area contributed by atoms with Gasteiger partial charge in [0.05, 0.1) is 0 Å². The molecule has 26 heavy (non-hydrogen) atoms. The largest absolute Gasteiger partial charge is 0.444 e. The van der Waals surface area contributed by atoms with Crippen LogP contribution in [0.25, 0.3) is 0 Å². The monoisotopic (exact) mass is 381 g/mol. The van der Waals surface area contributed by atoms with Crippen molar-refractivity contribution >= 4 is 29.3 Å². The van der Waals surface area contributed by atoms with Crippen LogP contribution in [0.2, 0.25) is 5.02 Å². The summed E-state index contributed by atoms with van der Waals surface area (Å²) in [7, 11) is 0. The highest BCUT2D eigenvalue weighted by molar-refractivity contribution is 6.35. The zero-order valence-corrected chi connectivity index (χ0v) is 16.6. The van der Waals surface area contributed by atoms with Gasteiger partial charge in [0.15, 0.2) is 5.82 Å². The molecular weight excluding hydrogens is 354 g/mol. The lowest BCUT2D eigenvalue weighted by Gasteiger charge is -2.47. The Morgan fingerprint density at radius 3 is 2.31 bits per heavy atom. The lowest BCUT2D eigenvalue weighted by atomic mass is 9.71. The van der Waals surface area contributed by atoms with Crippen molar-refractivity contribution in [3.63, 3.8) is 0 Å². The van der Waals surface area contributed by atoms with Gasteiger partial charge in [-0.25, -0.2) is 14.8 Å². The zero-order valence-electron chi connectivity index (χ0n) is 15.8. The van der Waals surface area contributed by atoms with Crippen molar-refractivity contribution in [1.29, 1.82) is 0 Å². The molecule has 0 radical (unpaired) electrons. The van der Waals surface area contributed by atoms with Gasteiger partial charge in [-0.3, -0.25) is 0 Å². The van der Waals surface area contributed by atoms with E-state index >= 15 is 0 Å². The van der Waals surface area contributed by atoms with Crippen LogP contribution in [0.3, 0.4) is 0 Å². The van der Waals surface area contributed by atoms with Crippen LogP contribution in [-0.2, 0) is 4.74 Å². The molecule has 7 nitrogen and oxygen atoms in total. The molecule has 2 N–H and O–H groups in total. The van der Waals surface area contributed by atoms with E-state index in [0.29, 0.717) is 16.3 Å². The average molecular weight is 382 g/mol. The summed E-state index contributed by atoms with van der Waals surface area (Å²) in [5.41, 5.74) is 5.64. The Balaban J connectivity index is 1.56. The second-order valence-electron chi connectivity index (χ2n) is 8.35. The number of hydrogen-bond donors (Lipinski definition) is 1. The minimum atomic E-state index is -0.448. The van der Waals surface area contributed by atoms with Crippen LogP contribution < -0.4 is 10.6 Å². The molecule has 0 aliphatic carbocycles. The van der Waals surface area contributed by atoms with Crippen molar-refractivity contribution < 1.29 is 9.53 Å². The molecule has 1 spiro atoms. The van der Waals surface area contributed by atoms with Crippen LogP contribution in [0.4, 0.5) is 16.4 Å². The number of aromatic nitrogens is 2. The Bertz CT molecular complexity index is 658. The first-order valence-corrected chi connectivity index (χ1v) is 9.56. The lowest BCUT2D eigenvalue weighted by Crippen LogP contribution is -2.49. The van der Waals surface area contributed by atoms with Crippen molar-refractivity contribution in [2.24, 2.45) is 5.41 Å². The Hall–Kier alpha value is -1.76. The molecule has 1 aromatic rings. The maximum atomic E-state index is 12.2. The fraction of sp³-hybridized carbons (Fsp3) is 0.722. The number of carbonyl (C=O) groups is 1. The number of likely N-dealkylation sites (tertiary alicyclic amines) is 1. The molecule has 3 rings (SSSR count). The quantitative estimate of drug-likeness (QED) is 0.803. The van der Waals surface area contributed by atoms with Crippen molar-refractivity contribution in [2.75, 3.05) is 36.8 Å². The molecule has 0 saturated carbocycles. The number of piperidine rings is 2. The number of nitrogens with zero attached hydrogens (tertiary/aromatic N) is 4. The van der Waals surface area contributed by atoms with E-state index in [4.69, 9.17) is 22.1 Å². The summed E-state index contributed by atoms with van der Waals surface area (Å²) in [5, 5.41) is 0.434. The number of anilines is 2. The van der Waals surface area contributed by atoms with Gasteiger partial charge in [-0.1, -0.05) is 11.6 Å². The van der Waals surface area contributed by atoms with E-state index in [1.54, 1.807) is 0 Å². The smallest absolute Gasteiger partial charge is 0.410 e. The minimum absolute atomic E-state index is 0.201. The average Bonchev–Trinajstić information content (AvgIpc) is 2.57. The van der Waals surface area contributed by atoms with E-state index in [-0.39, 0.29) is 6.09 Å². The summed E-state index contributed by atoms with van der Waals surface area (Å²) in [6.45, 7) is 9.00. The molecule has 0 atom stereocenters. The Morgan fingerprint density at radius 1 is 1.15 bits per heavy atom. The number of nitrogens with two attached hydrogens (primary N) is 1. The summed E-state index contributed by atoms with van der Waals surface area (Å²) in [5.74, 6) is 1.04. The third kappa shape index (κ3) is 4.14. The van der Waals surface area contributed by atoms with Gasteiger partial charge >= 0.3 is 6.09 Å². The maximum Gasteiger partial charge on any atom is 0.410 e. The van der Waals surface area contributed by atoms with Gasteiger partial charge in [0.2, 0.25) is 0 Å². The van der Waals surface area contributed by atoms with Crippen LogP contribution in [0.1, 0.15) is 46.5 Å². The molecule has 2 fully saturated rings. The van der Waals surface area contributed by atoms with Gasteiger partial charge in [-0.15, -0.1) is 0 Å². The van der Waals surface area contributed by atoms with E-state index in [9.17, 15) is 4.79 Å². The van der Waals surface area contributed by atoms with Crippen molar-refractivity contribution in [3.8, 4) is 0 Å². The Kier molecular flexibility index (Phi) is 5.19. The second kappa shape index (κ2) is 7.10. The molecule has 2 aliphatic heterocycles. The van der Waals surface area contributed by atoms with E-state index in [2.05, 4.69) is 14.9 Å². The molecule has 0 aromatic carbocycles. The van der Waals surface area contributed by atoms with Gasteiger partial charge in [-0.2, -0.15) is 0 Å². The molecular formula is C18H28ClN5O2. The summed E-state index contributed by atoms with van der Waals surface area (Å²) >= 11 is 6.26.